The topological polar surface area (TPSA) is 54.4 Å². The Morgan fingerprint density at radius 1 is 1.20 bits per heavy atom. The molecule has 2 rings (SSSR count). The summed E-state index contributed by atoms with van der Waals surface area (Å²) in [5, 5.41) is 8.97. The van der Waals surface area contributed by atoms with Crippen LogP contribution in [0.15, 0.2) is 53.4 Å². The molecule has 0 saturated heterocycles. The van der Waals surface area contributed by atoms with E-state index in [0.717, 1.165) is 5.56 Å². The summed E-state index contributed by atoms with van der Waals surface area (Å²) < 4.78 is 12.5. The number of rotatable bonds is 4. The van der Waals surface area contributed by atoms with Crippen LogP contribution in [0.3, 0.4) is 0 Å². The maximum absolute atomic E-state index is 12.5. The zero-order valence-corrected chi connectivity index (χ0v) is 12.3. The van der Waals surface area contributed by atoms with Crippen LogP contribution in [-0.4, -0.2) is 15.3 Å². The molecule has 3 nitrogen and oxygen atoms in total. The first-order valence-electron chi connectivity index (χ1n) is 5.99. The molecule has 0 aliphatic carbocycles. The first kappa shape index (κ1) is 14.8. The molecule has 2 aromatic carbocycles. The van der Waals surface area contributed by atoms with Gasteiger partial charge in [0.25, 0.3) is 0 Å². The van der Waals surface area contributed by atoms with Crippen molar-refractivity contribution in [2.24, 2.45) is 0 Å². The average molecular weight is 309 g/mol. The molecule has 0 fully saturated rings. The maximum atomic E-state index is 12.5. The number of hydrogen-bond donors (Lipinski definition) is 1. The van der Waals surface area contributed by atoms with E-state index in [1.165, 1.54) is 12.1 Å². The number of benzene rings is 2. The summed E-state index contributed by atoms with van der Waals surface area (Å²) in [5.74, 6) is -1.12. The van der Waals surface area contributed by atoms with Crippen LogP contribution in [-0.2, 0) is 10.8 Å². The third kappa shape index (κ3) is 3.08. The molecule has 0 aliphatic rings. The van der Waals surface area contributed by atoms with Gasteiger partial charge in [-0.25, -0.2) is 4.79 Å². The highest BCUT2D eigenvalue weighted by Crippen LogP contribution is 2.27. The van der Waals surface area contributed by atoms with Crippen LogP contribution < -0.4 is 0 Å². The van der Waals surface area contributed by atoms with Crippen molar-refractivity contribution in [3.63, 3.8) is 0 Å². The molecule has 0 radical (unpaired) electrons. The molecule has 1 N–H and O–H groups in total. The number of carbonyl (C=O) groups is 1. The van der Waals surface area contributed by atoms with Crippen molar-refractivity contribution in [2.45, 2.75) is 17.1 Å². The molecule has 2 unspecified atom stereocenters. The largest absolute Gasteiger partial charge is 0.478 e. The first-order valence-corrected chi connectivity index (χ1v) is 7.58. The summed E-state index contributed by atoms with van der Waals surface area (Å²) in [5.41, 5.74) is 0.912. The Morgan fingerprint density at radius 3 is 2.45 bits per heavy atom. The molecule has 0 amide bonds. The molecule has 0 aliphatic heterocycles. The molecule has 20 heavy (non-hydrogen) atoms. The third-order valence-electron chi connectivity index (χ3n) is 2.99. The molecule has 5 heteroatoms. The van der Waals surface area contributed by atoms with Crippen LogP contribution in [0.1, 0.15) is 28.1 Å². The van der Waals surface area contributed by atoms with Crippen molar-refractivity contribution in [3.8, 4) is 0 Å². The van der Waals surface area contributed by atoms with Gasteiger partial charge in [-0.15, -0.1) is 0 Å². The van der Waals surface area contributed by atoms with E-state index >= 15 is 0 Å². The van der Waals surface area contributed by atoms with Crippen molar-refractivity contribution in [1.29, 1.82) is 0 Å². The Bertz CT molecular complexity index is 655. The van der Waals surface area contributed by atoms with Gasteiger partial charge in [-0.3, -0.25) is 4.21 Å². The monoisotopic (exact) mass is 308 g/mol. The molecule has 0 spiro atoms. The van der Waals surface area contributed by atoms with E-state index in [0.29, 0.717) is 4.90 Å². The Morgan fingerprint density at radius 2 is 1.85 bits per heavy atom. The van der Waals surface area contributed by atoms with Gasteiger partial charge in [0, 0.05) is 4.90 Å². The number of aromatic carboxylic acids is 1. The smallest absolute Gasteiger partial charge is 0.337 e. The fraction of sp³-hybridized carbons (Fsp3) is 0.133. The zero-order valence-electron chi connectivity index (χ0n) is 10.7. The fourth-order valence-electron chi connectivity index (χ4n) is 1.85. The van der Waals surface area contributed by atoms with E-state index in [1.54, 1.807) is 6.07 Å². The lowest BCUT2D eigenvalue weighted by atomic mass is 10.2. The quantitative estimate of drug-likeness (QED) is 0.931. The van der Waals surface area contributed by atoms with Gasteiger partial charge in [-0.2, -0.15) is 0 Å². The normalized spacial score (nSPS) is 13.7. The lowest BCUT2D eigenvalue weighted by molar-refractivity contribution is 0.0697. The van der Waals surface area contributed by atoms with Gasteiger partial charge >= 0.3 is 5.97 Å². The Labute approximate surface area is 124 Å². The SMILES string of the molecule is CC(c1ccccc1)S(=O)c1ccc(Cl)c(C(=O)O)c1. The molecule has 0 saturated carbocycles. The summed E-state index contributed by atoms with van der Waals surface area (Å²) in [6, 6.07) is 13.9. The number of carboxylic acid groups (broad SMARTS) is 1. The predicted molar refractivity (Wildman–Crippen MR) is 79.7 cm³/mol. The molecule has 104 valence electrons. The van der Waals surface area contributed by atoms with Crippen LogP contribution in [0.25, 0.3) is 0 Å². The molecule has 0 bridgehead atoms. The minimum Gasteiger partial charge on any atom is -0.478 e. The van der Waals surface area contributed by atoms with Crippen LogP contribution in [0, 0.1) is 0 Å². The number of carboxylic acids is 1. The second kappa shape index (κ2) is 6.20. The molecule has 2 aromatic rings. The van der Waals surface area contributed by atoms with Crippen LogP contribution in [0.4, 0.5) is 0 Å². The lowest BCUT2D eigenvalue weighted by Gasteiger charge is -2.12. The van der Waals surface area contributed by atoms with Gasteiger partial charge < -0.3 is 5.11 Å². The molecule has 0 heterocycles. The van der Waals surface area contributed by atoms with Crippen molar-refractivity contribution >= 4 is 28.4 Å². The second-order valence-electron chi connectivity index (χ2n) is 4.30. The van der Waals surface area contributed by atoms with Gasteiger partial charge in [0.05, 0.1) is 26.6 Å². The van der Waals surface area contributed by atoms with Gasteiger partial charge in [-0.1, -0.05) is 41.9 Å². The van der Waals surface area contributed by atoms with E-state index in [1.807, 2.05) is 37.3 Å². The highest BCUT2D eigenvalue weighted by molar-refractivity contribution is 7.85. The van der Waals surface area contributed by atoms with Crippen LogP contribution >= 0.6 is 11.6 Å². The highest BCUT2D eigenvalue weighted by atomic mass is 35.5. The second-order valence-corrected chi connectivity index (χ2v) is 6.48. The summed E-state index contributed by atoms with van der Waals surface area (Å²) in [6.45, 7) is 1.85. The van der Waals surface area contributed by atoms with Gasteiger partial charge in [0.2, 0.25) is 0 Å². The first-order chi connectivity index (χ1) is 9.50. The summed E-state index contributed by atoms with van der Waals surface area (Å²) in [6.07, 6.45) is 0. The summed E-state index contributed by atoms with van der Waals surface area (Å²) in [7, 11) is -1.34. The Balaban J connectivity index is 2.34. The minimum atomic E-state index is -1.34. The van der Waals surface area contributed by atoms with Crippen LogP contribution in [0.5, 0.6) is 0 Å². The highest BCUT2D eigenvalue weighted by Gasteiger charge is 2.18. The predicted octanol–water partition coefficient (Wildman–Crippen LogP) is 3.91. The fourth-order valence-corrected chi connectivity index (χ4v) is 3.29. The minimum absolute atomic E-state index is 0.0298. The van der Waals surface area contributed by atoms with Gasteiger partial charge in [0.15, 0.2) is 0 Å². The van der Waals surface area contributed by atoms with Crippen molar-refractivity contribution in [2.75, 3.05) is 0 Å². The van der Waals surface area contributed by atoms with Crippen molar-refractivity contribution in [1.82, 2.24) is 0 Å². The summed E-state index contributed by atoms with van der Waals surface area (Å²) >= 11 is 5.81. The van der Waals surface area contributed by atoms with E-state index < -0.39 is 16.8 Å². The molecule has 0 aromatic heterocycles. The number of halogens is 1. The molecule has 2 atom stereocenters. The Kier molecular flexibility index (Phi) is 4.57. The third-order valence-corrected chi connectivity index (χ3v) is 4.95. The van der Waals surface area contributed by atoms with Crippen LogP contribution in [0.2, 0.25) is 5.02 Å². The van der Waals surface area contributed by atoms with E-state index in [-0.39, 0.29) is 15.8 Å². The van der Waals surface area contributed by atoms with Crippen molar-refractivity contribution in [3.05, 3.63) is 64.7 Å². The van der Waals surface area contributed by atoms with E-state index in [9.17, 15) is 9.00 Å². The van der Waals surface area contributed by atoms with Gasteiger partial charge in [-0.05, 0) is 30.7 Å². The van der Waals surface area contributed by atoms with E-state index in [4.69, 9.17) is 16.7 Å². The average Bonchev–Trinajstić information content (AvgIpc) is 2.47. The van der Waals surface area contributed by atoms with E-state index in [2.05, 4.69) is 0 Å². The standard InChI is InChI=1S/C15H13ClO3S/c1-10(11-5-3-2-4-6-11)20(19)12-7-8-14(16)13(9-12)15(17)18/h2-10H,1H3,(H,17,18). The Hall–Kier alpha value is -1.65. The summed E-state index contributed by atoms with van der Waals surface area (Å²) in [4.78, 5) is 11.5. The number of hydrogen-bond acceptors (Lipinski definition) is 2. The maximum Gasteiger partial charge on any atom is 0.337 e. The lowest BCUT2D eigenvalue weighted by Crippen LogP contribution is -2.05. The molecular weight excluding hydrogens is 296 g/mol. The zero-order chi connectivity index (χ0) is 14.7. The van der Waals surface area contributed by atoms with Crippen molar-refractivity contribution < 1.29 is 14.1 Å². The van der Waals surface area contributed by atoms with Gasteiger partial charge in [0.1, 0.15) is 0 Å². The molecular formula is C15H13ClO3S.